The van der Waals surface area contributed by atoms with Gasteiger partial charge in [0, 0.05) is 12.4 Å². The Kier molecular flexibility index (Phi) is 14.2. The smallest absolute Gasteiger partial charge is 0.240 e. The van der Waals surface area contributed by atoms with E-state index in [1.165, 1.54) is 47.9 Å². The maximum atomic E-state index is 6.26. The van der Waals surface area contributed by atoms with Gasteiger partial charge in [-0.05, 0) is 82.6 Å². The van der Waals surface area contributed by atoms with E-state index in [1.54, 1.807) is 0 Å². The van der Waals surface area contributed by atoms with E-state index in [-0.39, 0.29) is 0 Å². The van der Waals surface area contributed by atoms with Crippen LogP contribution in [0.4, 0.5) is 0 Å². The topological polar surface area (TPSA) is 54.1 Å². The summed E-state index contributed by atoms with van der Waals surface area (Å²) in [7, 11) is 0. The van der Waals surface area contributed by atoms with Crippen LogP contribution in [0, 0.1) is 0 Å². The summed E-state index contributed by atoms with van der Waals surface area (Å²) in [5, 5.41) is 9.75. The van der Waals surface area contributed by atoms with Crippen LogP contribution in [0.5, 0.6) is 11.8 Å². The molecule has 2 aromatic heterocycles. The van der Waals surface area contributed by atoms with Gasteiger partial charge >= 0.3 is 0 Å². The van der Waals surface area contributed by atoms with Crippen LogP contribution in [0.2, 0.25) is 0 Å². The van der Waals surface area contributed by atoms with Crippen LogP contribution in [0.3, 0.4) is 0 Å². The fraction of sp³-hybridized carbons (Fsp3) is 0.231. The number of hydrogen-bond donors (Lipinski definition) is 0. The molecule has 0 amide bonds. The monoisotopic (exact) mass is 766 g/mol. The fourth-order valence-electron chi connectivity index (χ4n) is 6.82. The van der Waals surface area contributed by atoms with Gasteiger partial charge in [-0.2, -0.15) is 0 Å². The minimum absolute atomic E-state index is 0.649. The Labute approximate surface area is 344 Å². The Bertz CT molecular complexity index is 2170. The quantitative estimate of drug-likeness (QED) is 0.0725. The van der Waals surface area contributed by atoms with Crippen molar-refractivity contribution in [2.45, 2.75) is 65.2 Å². The van der Waals surface area contributed by atoms with Crippen LogP contribution in [0.25, 0.3) is 57.9 Å². The Morgan fingerprint density at radius 3 is 1.17 bits per heavy atom. The predicted octanol–water partition coefficient (Wildman–Crippen LogP) is 13.7. The third kappa shape index (κ3) is 10.9. The molecule has 7 aromatic rings. The highest BCUT2D eigenvalue weighted by atomic mass is 16.5. The lowest BCUT2D eigenvalue weighted by Gasteiger charge is -2.05. The average molecular weight is 767 g/mol. The van der Waals surface area contributed by atoms with Crippen molar-refractivity contribution in [1.29, 1.82) is 0 Å². The highest BCUT2D eigenvalue weighted by Gasteiger charge is 2.12. The Morgan fingerprint density at radius 2 is 0.793 bits per heavy atom. The molecule has 0 unspecified atom stereocenters. The molecule has 0 aliphatic carbocycles. The van der Waals surface area contributed by atoms with Crippen LogP contribution in [0.1, 0.15) is 87.5 Å². The zero-order valence-corrected chi connectivity index (χ0v) is 33.8. The Hall–Kier alpha value is -6.40. The van der Waals surface area contributed by atoms with Crippen LogP contribution < -0.4 is 9.47 Å². The molecular weight excluding hydrogens is 713 g/mol. The van der Waals surface area contributed by atoms with Gasteiger partial charge in [0.25, 0.3) is 0 Å². The largest absolute Gasteiger partial charge is 0.476 e. The highest BCUT2D eigenvalue weighted by Crippen LogP contribution is 2.27. The van der Waals surface area contributed by atoms with Crippen molar-refractivity contribution < 1.29 is 9.47 Å². The summed E-state index contributed by atoms with van der Waals surface area (Å²) in [4.78, 5) is 0. The molecule has 0 saturated carbocycles. The van der Waals surface area contributed by atoms with Crippen molar-refractivity contribution in [3.05, 3.63) is 168 Å². The maximum absolute atomic E-state index is 6.26. The van der Waals surface area contributed by atoms with Gasteiger partial charge in [-0.25, -0.2) is 9.36 Å². The first-order chi connectivity index (χ1) is 28.7. The summed E-state index contributed by atoms with van der Waals surface area (Å²) < 4.78 is 16.3. The molecule has 6 heteroatoms. The summed E-state index contributed by atoms with van der Waals surface area (Å²) in [5.74, 6) is 1.30. The SMILES string of the molecule is CCCCCCOc1nn(-c2ccc(-c3ccccc3)cc2)cc1/C=C/c1ccc(/C=C/c2cn(-c3ccc(-c4ccccc4)cc3)nc2OCCCCCC)cc1. The Balaban J connectivity index is 1.06. The fourth-order valence-corrected chi connectivity index (χ4v) is 6.82. The number of benzene rings is 5. The normalized spacial score (nSPS) is 11.5. The van der Waals surface area contributed by atoms with Gasteiger partial charge in [0.1, 0.15) is 0 Å². The molecule has 58 heavy (non-hydrogen) atoms. The molecule has 0 aliphatic heterocycles. The van der Waals surface area contributed by atoms with E-state index in [9.17, 15) is 0 Å². The van der Waals surface area contributed by atoms with E-state index in [2.05, 4.69) is 159 Å². The second-order valence-electron chi connectivity index (χ2n) is 14.6. The van der Waals surface area contributed by atoms with Gasteiger partial charge in [-0.3, -0.25) is 0 Å². The molecule has 5 aromatic carbocycles. The maximum Gasteiger partial charge on any atom is 0.240 e. The first-order valence-electron chi connectivity index (χ1n) is 20.9. The van der Waals surface area contributed by atoms with Gasteiger partial charge in [-0.1, -0.05) is 174 Å². The lowest BCUT2D eigenvalue weighted by Crippen LogP contribution is -2.00. The summed E-state index contributed by atoms with van der Waals surface area (Å²) in [6, 6.07) is 46.4. The van der Waals surface area contributed by atoms with Gasteiger partial charge in [0.05, 0.1) is 35.7 Å². The molecule has 0 bridgehead atoms. The van der Waals surface area contributed by atoms with E-state index in [0.717, 1.165) is 59.3 Å². The van der Waals surface area contributed by atoms with E-state index >= 15 is 0 Å². The van der Waals surface area contributed by atoms with Gasteiger partial charge in [0.2, 0.25) is 11.8 Å². The lowest BCUT2D eigenvalue weighted by atomic mass is 10.1. The summed E-state index contributed by atoms with van der Waals surface area (Å²) >= 11 is 0. The number of aromatic nitrogens is 4. The molecule has 0 saturated heterocycles. The van der Waals surface area contributed by atoms with Gasteiger partial charge < -0.3 is 9.47 Å². The number of ether oxygens (including phenoxy) is 2. The van der Waals surface area contributed by atoms with Crippen molar-refractivity contribution in [2.75, 3.05) is 13.2 Å². The second-order valence-corrected chi connectivity index (χ2v) is 14.6. The third-order valence-corrected chi connectivity index (χ3v) is 10.2. The van der Waals surface area contributed by atoms with Crippen molar-refractivity contribution in [3.63, 3.8) is 0 Å². The number of hydrogen-bond acceptors (Lipinski definition) is 4. The second kappa shape index (κ2) is 20.7. The molecule has 0 radical (unpaired) electrons. The molecule has 0 N–H and O–H groups in total. The summed E-state index contributed by atoms with van der Waals surface area (Å²) in [6.45, 7) is 5.75. The number of unbranched alkanes of at least 4 members (excludes halogenated alkanes) is 6. The molecule has 7 rings (SSSR count). The molecule has 2 heterocycles. The molecule has 294 valence electrons. The molecule has 0 atom stereocenters. The van der Waals surface area contributed by atoms with E-state index < -0.39 is 0 Å². The Morgan fingerprint density at radius 1 is 0.414 bits per heavy atom. The minimum Gasteiger partial charge on any atom is -0.476 e. The third-order valence-electron chi connectivity index (χ3n) is 10.2. The zero-order valence-electron chi connectivity index (χ0n) is 33.8. The number of rotatable bonds is 20. The standard InChI is InChI=1S/C52H54N4O2/c1-3-5-7-15-37-57-51-47(39-55(53-51)49-33-29-45(30-34-49)43-17-11-9-12-18-43)27-25-41-21-23-42(24-22-41)26-28-48-40-56(54-52(48)58-38-16-8-6-4-2)50-35-31-46(32-36-50)44-19-13-10-14-20-44/h9-14,17-36,39-40H,3-8,15-16,37-38H2,1-2H3/b27-25+,28-26+. The van der Waals surface area contributed by atoms with E-state index in [4.69, 9.17) is 19.7 Å². The van der Waals surface area contributed by atoms with Crippen molar-refractivity contribution in [2.24, 2.45) is 0 Å². The van der Waals surface area contributed by atoms with Gasteiger partial charge in [-0.15, -0.1) is 10.2 Å². The lowest BCUT2D eigenvalue weighted by molar-refractivity contribution is 0.291. The molecular formula is C52H54N4O2. The predicted molar refractivity (Wildman–Crippen MR) is 242 cm³/mol. The van der Waals surface area contributed by atoms with E-state index in [1.807, 2.05) is 33.9 Å². The van der Waals surface area contributed by atoms with E-state index in [0.29, 0.717) is 25.0 Å². The number of nitrogens with zero attached hydrogens (tertiary/aromatic N) is 4. The van der Waals surface area contributed by atoms with Crippen molar-refractivity contribution >= 4 is 24.3 Å². The highest BCUT2D eigenvalue weighted by molar-refractivity contribution is 5.75. The van der Waals surface area contributed by atoms with Crippen LogP contribution in [-0.4, -0.2) is 32.8 Å². The van der Waals surface area contributed by atoms with Crippen molar-refractivity contribution in [3.8, 4) is 45.4 Å². The average Bonchev–Trinajstić information content (AvgIpc) is 3.89. The first-order valence-corrected chi connectivity index (χ1v) is 20.9. The summed E-state index contributed by atoms with van der Waals surface area (Å²) in [5.41, 5.74) is 10.8. The molecule has 0 aliphatic rings. The molecule has 0 fully saturated rings. The van der Waals surface area contributed by atoms with Crippen LogP contribution >= 0.6 is 0 Å². The zero-order chi connectivity index (χ0) is 39.8. The van der Waals surface area contributed by atoms with Crippen LogP contribution in [0.15, 0.2) is 146 Å². The summed E-state index contributed by atoms with van der Waals surface area (Å²) in [6.07, 6.45) is 21.7. The van der Waals surface area contributed by atoms with Crippen LogP contribution in [-0.2, 0) is 0 Å². The first kappa shape index (κ1) is 39.8. The molecule has 6 nitrogen and oxygen atoms in total. The minimum atomic E-state index is 0.649. The van der Waals surface area contributed by atoms with Gasteiger partial charge in [0.15, 0.2) is 0 Å². The van der Waals surface area contributed by atoms with Crippen molar-refractivity contribution in [1.82, 2.24) is 19.6 Å². The molecule has 0 spiro atoms.